The van der Waals surface area contributed by atoms with Crippen LogP contribution in [0.25, 0.3) is 66.1 Å². The molecule has 2 aromatic heterocycles. The van der Waals surface area contributed by atoms with Crippen molar-refractivity contribution in [2.75, 3.05) is 0 Å². The molecule has 0 radical (unpaired) electrons. The Morgan fingerprint density at radius 2 is 0.696 bits per heavy atom. The molecule has 8 aromatic rings. The largest absolute Gasteiger partial charge is 0.309 e. The summed E-state index contributed by atoms with van der Waals surface area (Å²) < 4.78 is 4.49. The van der Waals surface area contributed by atoms with E-state index >= 15 is 0 Å². The molecule has 0 aliphatic rings. The number of nitrogens with zero attached hydrogens (tertiary/aromatic N) is 4. The maximum Gasteiger partial charge on any atom is 0.0998 e. The minimum atomic E-state index is 0.528. The Morgan fingerprint density at radius 3 is 0.978 bits per heavy atom. The lowest BCUT2D eigenvalue weighted by Crippen LogP contribution is -1.99. The Hall–Kier alpha value is -6.10. The highest BCUT2D eigenvalue weighted by Crippen LogP contribution is 2.38. The molecule has 0 saturated heterocycles. The highest BCUT2D eigenvalue weighted by molar-refractivity contribution is 6.10. The third-order valence-electron chi connectivity index (χ3n) is 9.21. The number of rotatable bonds is 3. The van der Waals surface area contributed by atoms with Crippen molar-refractivity contribution >= 4 is 43.6 Å². The van der Waals surface area contributed by atoms with Crippen molar-refractivity contribution in [3.05, 3.63) is 143 Å². The second-order valence-electron chi connectivity index (χ2n) is 12.4. The van der Waals surface area contributed by atoms with Gasteiger partial charge in [0.2, 0.25) is 0 Å². The van der Waals surface area contributed by atoms with E-state index in [9.17, 15) is 10.5 Å². The van der Waals surface area contributed by atoms with Crippen LogP contribution in [0, 0.1) is 50.4 Å². The second kappa shape index (κ2) is 10.2. The number of hydrogen-bond donors (Lipinski definition) is 0. The highest BCUT2D eigenvalue weighted by atomic mass is 15.0. The molecule has 2 heterocycles. The summed E-state index contributed by atoms with van der Waals surface area (Å²) in [6.07, 6.45) is 0. The molecule has 46 heavy (non-hydrogen) atoms. The summed E-state index contributed by atoms with van der Waals surface area (Å²) in [6, 6.07) is 43.0. The van der Waals surface area contributed by atoms with Crippen molar-refractivity contribution < 1.29 is 0 Å². The van der Waals surface area contributed by atoms with Crippen LogP contribution in [0.5, 0.6) is 0 Å². The molecule has 0 bridgehead atoms. The first-order valence-corrected chi connectivity index (χ1v) is 15.5. The van der Waals surface area contributed by atoms with Gasteiger partial charge < -0.3 is 9.13 Å². The SMILES string of the molecule is Cc1ccc2c3ccc(C)cc3n(-c3ccc(-c4ccc(-n5c6cc(C)ccc6c6ccc(C)cc65)cc4C#N)c(C#N)c3)c2c1. The van der Waals surface area contributed by atoms with E-state index in [1.54, 1.807) is 0 Å². The van der Waals surface area contributed by atoms with Gasteiger partial charge in [-0.3, -0.25) is 0 Å². The van der Waals surface area contributed by atoms with Crippen LogP contribution in [0.1, 0.15) is 33.4 Å². The normalized spacial score (nSPS) is 11.4. The fraction of sp³-hybridized carbons (Fsp3) is 0.0952. The fourth-order valence-corrected chi connectivity index (χ4v) is 7.03. The monoisotopic (exact) mass is 590 g/mol. The molecule has 6 aromatic carbocycles. The molecular weight excluding hydrogens is 560 g/mol. The molecule has 0 amide bonds. The first-order chi connectivity index (χ1) is 22.3. The highest BCUT2D eigenvalue weighted by Gasteiger charge is 2.18. The Morgan fingerprint density at radius 1 is 0.391 bits per heavy atom. The van der Waals surface area contributed by atoms with E-state index in [4.69, 9.17) is 0 Å². The number of benzene rings is 6. The maximum atomic E-state index is 10.4. The summed E-state index contributed by atoms with van der Waals surface area (Å²) in [7, 11) is 0. The predicted molar refractivity (Wildman–Crippen MR) is 189 cm³/mol. The zero-order valence-corrected chi connectivity index (χ0v) is 26.2. The molecule has 4 heteroatoms. The molecule has 0 fully saturated rings. The van der Waals surface area contributed by atoms with Crippen LogP contribution in [0.15, 0.2) is 109 Å². The quantitative estimate of drug-likeness (QED) is 0.206. The van der Waals surface area contributed by atoms with Gasteiger partial charge in [0, 0.05) is 44.0 Å². The van der Waals surface area contributed by atoms with Crippen LogP contribution in [0.3, 0.4) is 0 Å². The smallest absolute Gasteiger partial charge is 0.0998 e. The average Bonchev–Trinajstić information content (AvgIpc) is 3.54. The number of aryl methyl sites for hydroxylation is 4. The van der Waals surface area contributed by atoms with Crippen molar-refractivity contribution in [3.63, 3.8) is 0 Å². The van der Waals surface area contributed by atoms with Crippen LogP contribution in [-0.2, 0) is 0 Å². The Kier molecular flexibility index (Phi) is 6.11. The molecule has 0 saturated carbocycles. The average molecular weight is 591 g/mol. The van der Waals surface area contributed by atoms with Crippen molar-refractivity contribution in [3.8, 4) is 34.6 Å². The van der Waals surface area contributed by atoms with Crippen LogP contribution in [0.2, 0.25) is 0 Å². The van der Waals surface area contributed by atoms with Gasteiger partial charge in [-0.25, -0.2) is 0 Å². The van der Waals surface area contributed by atoms with Gasteiger partial charge in [-0.2, -0.15) is 10.5 Å². The number of aromatic nitrogens is 2. The van der Waals surface area contributed by atoms with E-state index in [1.807, 2.05) is 24.3 Å². The van der Waals surface area contributed by atoms with Crippen LogP contribution in [0.4, 0.5) is 0 Å². The van der Waals surface area contributed by atoms with Gasteiger partial charge in [0.15, 0.2) is 0 Å². The number of fused-ring (bicyclic) bond motifs is 6. The van der Waals surface area contributed by atoms with Crippen molar-refractivity contribution in [2.24, 2.45) is 0 Å². The molecular formula is C42H30N4. The van der Waals surface area contributed by atoms with Gasteiger partial charge in [-0.1, -0.05) is 60.7 Å². The molecule has 0 N–H and O–H groups in total. The summed E-state index contributed by atoms with van der Waals surface area (Å²) in [6.45, 7) is 8.41. The fourth-order valence-electron chi connectivity index (χ4n) is 7.03. The predicted octanol–water partition coefficient (Wildman–Crippen LogP) is 10.5. The third-order valence-corrected chi connectivity index (χ3v) is 9.21. The lowest BCUT2D eigenvalue weighted by atomic mass is 9.95. The third kappa shape index (κ3) is 4.12. The van der Waals surface area contributed by atoms with Crippen LogP contribution < -0.4 is 0 Å². The van der Waals surface area contributed by atoms with Crippen molar-refractivity contribution in [2.45, 2.75) is 27.7 Å². The van der Waals surface area contributed by atoms with E-state index in [0.29, 0.717) is 11.1 Å². The summed E-state index contributed by atoms with van der Waals surface area (Å²) >= 11 is 0. The minimum absolute atomic E-state index is 0.528. The summed E-state index contributed by atoms with van der Waals surface area (Å²) in [5.74, 6) is 0. The van der Waals surface area contributed by atoms with E-state index in [0.717, 1.165) is 44.6 Å². The lowest BCUT2D eigenvalue weighted by molar-refractivity contribution is 1.17. The molecule has 0 atom stereocenters. The van der Waals surface area contributed by atoms with Crippen molar-refractivity contribution in [1.29, 1.82) is 10.5 Å². The lowest BCUT2D eigenvalue weighted by Gasteiger charge is -2.14. The standard InChI is InChI=1S/C42H30N4/c1-25-5-11-35-36-12-6-26(2)18-40(36)45(39(35)17-25)31-9-15-33(29(21-31)23-43)34-16-10-32(22-30(34)24-44)46-41-19-27(3)7-13-37(41)38-14-8-28(4)20-42(38)46/h5-22H,1-4H3. The van der Waals surface area contributed by atoms with Gasteiger partial charge in [0.05, 0.1) is 45.3 Å². The summed E-state index contributed by atoms with van der Waals surface area (Å²) in [5.41, 5.74) is 13.5. The van der Waals surface area contributed by atoms with Gasteiger partial charge in [0.25, 0.3) is 0 Å². The first-order valence-electron chi connectivity index (χ1n) is 15.5. The summed E-state index contributed by atoms with van der Waals surface area (Å²) in [5, 5.41) is 25.6. The van der Waals surface area contributed by atoms with E-state index in [1.165, 1.54) is 43.8 Å². The molecule has 218 valence electrons. The first kappa shape index (κ1) is 27.4. The molecule has 0 unspecified atom stereocenters. The summed E-state index contributed by atoms with van der Waals surface area (Å²) in [4.78, 5) is 0. The zero-order chi connectivity index (χ0) is 31.7. The molecule has 4 nitrogen and oxygen atoms in total. The molecule has 0 aliphatic heterocycles. The molecule has 0 spiro atoms. The van der Waals surface area contributed by atoms with Gasteiger partial charge in [-0.15, -0.1) is 0 Å². The second-order valence-corrected chi connectivity index (χ2v) is 12.4. The topological polar surface area (TPSA) is 57.4 Å². The Balaban J connectivity index is 1.31. The Bertz CT molecular complexity index is 2350. The molecule has 0 aliphatic carbocycles. The minimum Gasteiger partial charge on any atom is -0.309 e. The van der Waals surface area contributed by atoms with Crippen LogP contribution in [-0.4, -0.2) is 9.13 Å². The van der Waals surface area contributed by atoms with Gasteiger partial charge >= 0.3 is 0 Å². The van der Waals surface area contributed by atoms with E-state index < -0.39 is 0 Å². The maximum absolute atomic E-state index is 10.4. The number of hydrogen-bond acceptors (Lipinski definition) is 2. The molecule has 8 rings (SSSR count). The zero-order valence-electron chi connectivity index (χ0n) is 26.2. The van der Waals surface area contributed by atoms with Gasteiger partial charge in [0.1, 0.15) is 0 Å². The number of nitriles is 2. The van der Waals surface area contributed by atoms with Crippen LogP contribution >= 0.6 is 0 Å². The van der Waals surface area contributed by atoms with E-state index in [2.05, 4.69) is 134 Å². The Labute approximate surface area is 267 Å². The van der Waals surface area contributed by atoms with Gasteiger partial charge in [-0.05, 0) is 98.5 Å². The van der Waals surface area contributed by atoms with Crippen molar-refractivity contribution in [1.82, 2.24) is 9.13 Å². The van der Waals surface area contributed by atoms with E-state index in [-0.39, 0.29) is 0 Å².